The number of hydrogen-bond acceptors (Lipinski definition) is 3. The van der Waals surface area contributed by atoms with E-state index < -0.39 is 5.60 Å². The van der Waals surface area contributed by atoms with Gasteiger partial charge >= 0.3 is 0 Å². The summed E-state index contributed by atoms with van der Waals surface area (Å²) in [4.78, 5) is 14.1. The lowest BCUT2D eigenvalue weighted by Crippen LogP contribution is -2.32. The molecule has 23 heavy (non-hydrogen) atoms. The lowest BCUT2D eigenvalue weighted by Gasteiger charge is -2.23. The molecule has 1 atom stereocenters. The summed E-state index contributed by atoms with van der Waals surface area (Å²) >= 11 is 0. The Kier molecular flexibility index (Phi) is 5.40. The number of rotatable bonds is 6. The summed E-state index contributed by atoms with van der Waals surface area (Å²) in [6.07, 6.45) is 0.0345. The van der Waals surface area contributed by atoms with E-state index in [2.05, 4.69) is 5.32 Å². The van der Waals surface area contributed by atoms with Crippen LogP contribution in [0.25, 0.3) is 0 Å². The van der Waals surface area contributed by atoms with E-state index in [0.29, 0.717) is 6.54 Å². The van der Waals surface area contributed by atoms with Crippen LogP contribution >= 0.6 is 0 Å². The van der Waals surface area contributed by atoms with Crippen molar-refractivity contribution in [3.8, 4) is 0 Å². The highest BCUT2D eigenvalue weighted by Crippen LogP contribution is 2.24. The Hall–Kier alpha value is -2.33. The van der Waals surface area contributed by atoms with Gasteiger partial charge in [0.15, 0.2) is 0 Å². The van der Waals surface area contributed by atoms with E-state index in [1.807, 2.05) is 73.6 Å². The molecule has 1 unspecified atom stereocenters. The second kappa shape index (κ2) is 7.29. The first kappa shape index (κ1) is 17.0. The Labute approximate surface area is 137 Å². The molecular weight excluding hydrogens is 288 g/mol. The summed E-state index contributed by atoms with van der Waals surface area (Å²) < 4.78 is 0. The van der Waals surface area contributed by atoms with Crippen LogP contribution in [0, 0.1) is 0 Å². The number of aliphatic hydroxyl groups is 1. The molecule has 0 bridgehead atoms. The van der Waals surface area contributed by atoms with Crippen molar-refractivity contribution in [1.29, 1.82) is 0 Å². The van der Waals surface area contributed by atoms with Gasteiger partial charge in [-0.2, -0.15) is 0 Å². The Balaban J connectivity index is 1.90. The standard InChI is InChI=1S/C19H24N2O2/c1-19(23,16-7-5-4-6-8-16)13-18(22)20-14-15-9-11-17(12-10-15)21(2)3/h4-12,23H,13-14H2,1-3H3,(H,20,22). The van der Waals surface area contributed by atoms with Crippen molar-refractivity contribution < 1.29 is 9.90 Å². The van der Waals surface area contributed by atoms with E-state index in [4.69, 9.17) is 0 Å². The molecule has 0 fully saturated rings. The van der Waals surface area contributed by atoms with E-state index in [9.17, 15) is 9.90 Å². The minimum Gasteiger partial charge on any atom is -0.385 e. The van der Waals surface area contributed by atoms with Crippen LogP contribution in [0.4, 0.5) is 5.69 Å². The monoisotopic (exact) mass is 312 g/mol. The smallest absolute Gasteiger partial charge is 0.223 e. The van der Waals surface area contributed by atoms with E-state index in [1.54, 1.807) is 6.92 Å². The molecule has 0 aliphatic heterocycles. The maximum atomic E-state index is 12.1. The molecule has 2 aromatic carbocycles. The van der Waals surface area contributed by atoms with Crippen LogP contribution in [0.1, 0.15) is 24.5 Å². The van der Waals surface area contributed by atoms with Crippen LogP contribution < -0.4 is 10.2 Å². The third kappa shape index (κ3) is 4.83. The predicted molar refractivity (Wildman–Crippen MR) is 93.2 cm³/mol. The maximum absolute atomic E-state index is 12.1. The minimum atomic E-state index is -1.17. The molecule has 0 aliphatic rings. The molecule has 2 rings (SSSR count). The molecule has 0 aliphatic carbocycles. The van der Waals surface area contributed by atoms with Gasteiger partial charge in [0.25, 0.3) is 0 Å². The largest absolute Gasteiger partial charge is 0.385 e. The van der Waals surface area contributed by atoms with Gasteiger partial charge in [0, 0.05) is 26.3 Å². The number of carbonyl (C=O) groups is 1. The fourth-order valence-electron chi connectivity index (χ4n) is 2.39. The van der Waals surface area contributed by atoms with Crippen LogP contribution in [0.3, 0.4) is 0 Å². The molecule has 122 valence electrons. The zero-order chi connectivity index (χ0) is 16.9. The lowest BCUT2D eigenvalue weighted by atomic mass is 9.92. The number of anilines is 1. The molecule has 0 heterocycles. The van der Waals surface area contributed by atoms with Gasteiger partial charge in [0.1, 0.15) is 0 Å². The molecule has 0 spiro atoms. The molecule has 4 nitrogen and oxygen atoms in total. The fourth-order valence-corrected chi connectivity index (χ4v) is 2.39. The Morgan fingerprint density at radius 1 is 1.09 bits per heavy atom. The lowest BCUT2D eigenvalue weighted by molar-refractivity contribution is -0.126. The van der Waals surface area contributed by atoms with E-state index in [0.717, 1.165) is 16.8 Å². The maximum Gasteiger partial charge on any atom is 0.223 e. The predicted octanol–water partition coefficient (Wildman–Crippen LogP) is 2.67. The van der Waals surface area contributed by atoms with Crippen molar-refractivity contribution in [3.05, 3.63) is 65.7 Å². The number of hydrogen-bond donors (Lipinski definition) is 2. The summed E-state index contributed by atoms with van der Waals surface area (Å²) in [7, 11) is 3.98. The topological polar surface area (TPSA) is 52.6 Å². The van der Waals surface area contributed by atoms with Gasteiger partial charge in [0.2, 0.25) is 5.91 Å². The first-order valence-corrected chi connectivity index (χ1v) is 7.69. The van der Waals surface area contributed by atoms with Gasteiger partial charge in [-0.05, 0) is 30.2 Å². The average molecular weight is 312 g/mol. The normalized spacial score (nSPS) is 13.2. The summed E-state index contributed by atoms with van der Waals surface area (Å²) in [6.45, 7) is 2.12. The van der Waals surface area contributed by atoms with E-state index in [-0.39, 0.29) is 12.3 Å². The molecule has 0 saturated carbocycles. The highest BCUT2D eigenvalue weighted by atomic mass is 16.3. The van der Waals surface area contributed by atoms with Crippen molar-refractivity contribution in [2.24, 2.45) is 0 Å². The minimum absolute atomic E-state index is 0.0345. The highest BCUT2D eigenvalue weighted by molar-refractivity contribution is 5.77. The molecule has 0 aromatic heterocycles. The number of nitrogens with zero attached hydrogens (tertiary/aromatic N) is 1. The third-order valence-electron chi connectivity index (χ3n) is 3.84. The summed E-state index contributed by atoms with van der Waals surface area (Å²) in [6, 6.07) is 17.3. The van der Waals surface area contributed by atoms with E-state index in [1.165, 1.54) is 0 Å². The molecular formula is C19H24N2O2. The number of nitrogens with one attached hydrogen (secondary N) is 1. The quantitative estimate of drug-likeness (QED) is 0.862. The zero-order valence-electron chi connectivity index (χ0n) is 13.9. The van der Waals surface area contributed by atoms with Crippen molar-refractivity contribution >= 4 is 11.6 Å². The summed E-state index contributed by atoms with van der Waals surface area (Å²) in [5, 5.41) is 13.3. The van der Waals surface area contributed by atoms with Crippen LogP contribution in [-0.2, 0) is 16.9 Å². The Bertz CT molecular complexity index is 634. The van der Waals surface area contributed by atoms with Gasteiger partial charge in [-0.25, -0.2) is 0 Å². The van der Waals surface area contributed by atoms with Crippen molar-refractivity contribution in [1.82, 2.24) is 5.32 Å². The zero-order valence-corrected chi connectivity index (χ0v) is 13.9. The van der Waals surface area contributed by atoms with Crippen LogP contribution in [0.15, 0.2) is 54.6 Å². The van der Waals surface area contributed by atoms with Crippen molar-refractivity contribution in [2.45, 2.75) is 25.5 Å². The van der Waals surface area contributed by atoms with Crippen LogP contribution in [0.5, 0.6) is 0 Å². The SMILES string of the molecule is CN(C)c1ccc(CNC(=O)CC(C)(O)c2ccccc2)cc1. The van der Waals surface area contributed by atoms with Gasteiger partial charge in [0.05, 0.1) is 12.0 Å². The van der Waals surface area contributed by atoms with Crippen LogP contribution in [-0.4, -0.2) is 25.1 Å². The van der Waals surface area contributed by atoms with E-state index >= 15 is 0 Å². The first-order valence-electron chi connectivity index (χ1n) is 7.69. The third-order valence-corrected chi connectivity index (χ3v) is 3.84. The molecule has 2 aromatic rings. The second-order valence-corrected chi connectivity index (χ2v) is 6.15. The van der Waals surface area contributed by atoms with Crippen molar-refractivity contribution in [3.63, 3.8) is 0 Å². The number of carbonyl (C=O) groups excluding carboxylic acids is 1. The molecule has 1 amide bonds. The van der Waals surface area contributed by atoms with Gasteiger partial charge in [-0.3, -0.25) is 4.79 Å². The van der Waals surface area contributed by atoms with Crippen molar-refractivity contribution in [2.75, 3.05) is 19.0 Å². The number of amides is 1. The summed E-state index contributed by atoms with van der Waals surface area (Å²) in [5.41, 5.74) is 1.72. The molecule has 4 heteroatoms. The second-order valence-electron chi connectivity index (χ2n) is 6.15. The van der Waals surface area contributed by atoms with Gasteiger partial charge in [-0.15, -0.1) is 0 Å². The average Bonchev–Trinajstić information content (AvgIpc) is 2.54. The Morgan fingerprint density at radius 2 is 1.70 bits per heavy atom. The van der Waals surface area contributed by atoms with Gasteiger partial charge in [-0.1, -0.05) is 42.5 Å². The Morgan fingerprint density at radius 3 is 2.26 bits per heavy atom. The molecule has 0 radical (unpaired) electrons. The van der Waals surface area contributed by atoms with Crippen LogP contribution in [0.2, 0.25) is 0 Å². The highest BCUT2D eigenvalue weighted by Gasteiger charge is 2.26. The number of benzene rings is 2. The van der Waals surface area contributed by atoms with Gasteiger partial charge < -0.3 is 15.3 Å². The molecule has 2 N–H and O–H groups in total. The molecule has 0 saturated heterocycles. The summed E-state index contributed by atoms with van der Waals surface area (Å²) in [5.74, 6) is -0.171. The first-order chi connectivity index (χ1) is 10.9. The fraction of sp³-hybridized carbons (Fsp3) is 0.316.